The Bertz CT molecular complexity index is 827. The van der Waals surface area contributed by atoms with E-state index in [0.717, 1.165) is 6.92 Å². The molecule has 3 rings (SSSR count). The van der Waals surface area contributed by atoms with Crippen LogP contribution in [0.4, 0.5) is 29.3 Å². The standard InChI is InChI=1S/C17H13Cl2F3N2O2/c1-16(17(20,21)22)14(25)23(12-6-2-10(18)3-7-12)15(26)24(16)13-8-4-11(19)5-9-13/h2-9,14,25H,1H3. The zero-order valence-corrected chi connectivity index (χ0v) is 14.8. The molecule has 0 aromatic heterocycles. The van der Waals surface area contributed by atoms with E-state index < -0.39 is 24.0 Å². The van der Waals surface area contributed by atoms with E-state index in [-0.39, 0.29) is 11.4 Å². The summed E-state index contributed by atoms with van der Waals surface area (Å²) < 4.78 is 41.7. The van der Waals surface area contributed by atoms with Crippen molar-refractivity contribution in [2.75, 3.05) is 9.80 Å². The minimum absolute atomic E-state index is 0.0326. The molecular formula is C17H13Cl2F3N2O2. The predicted molar refractivity (Wildman–Crippen MR) is 93.7 cm³/mol. The van der Waals surface area contributed by atoms with E-state index in [1.165, 1.54) is 48.5 Å². The van der Waals surface area contributed by atoms with Gasteiger partial charge in [0.1, 0.15) is 0 Å². The molecule has 0 saturated carbocycles. The minimum Gasteiger partial charge on any atom is -0.370 e. The predicted octanol–water partition coefficient (Wildman–Crippen LogP) is 5.08. The van der Waals surface area contributed by atoms with E-state index in [0.29, 0.717) is 19.8 Å². The van der Waals surface area contributed by atoms with Gasteiger partial charge in [0, 0.05) is 21.4 Å². The second kappa shape index (κ2) is 6.33. The highest BCUT2D eigenvalue weighted by Crippen LogP contribution is 2.47. The topological polar surface area (TPSA) is 43.8 Å². The van der Waals surface area contributed by atoms with Gasteiger partial charge in [0.15, 0.2) is 11.8 Å². The molecule has 0 spiro atoms. The average molecular weight is 405 g/mol. The summed E-state index contributed by atoms with van der Waals surface area (Å²) in [6, 6.07) is 9.90. The summed E-state index contributed by atoms with van der Waals surface area (Å²) in [6.45, 7) is 0.778. The van der Waals surface area contributed by atoms with Crippen LogP contribution in [0.15, 0.2) is 48.5 Å². The van der Waals surface area contributed by atoms with E-state index in [1.54, 1.807) is 0 Å². The molecule has 9 heteroatoms. The summed E-state index contributed by atoms with van der Waals surface area (Å²) >= 11 is 11.6. The third-order valence-electron chi connectivity index (χ3n) is 4.37. The van der Waals surface area contributed by atoms with Crippen LogP contribution in [0, 0.1) is 0 Å². The van der Waals surface area contributed by atoms with Crippen LogP contribution in [0.3, 0.4) is 0 Å². The molecule has 138 valence electrons. The normalized spacial score (nSPS) is 23.7. The summed E-state index contributed by atoms with van der Waals surface area (Å²) in [6.07, 6.45) is -7.06. The highest BCUT2D eigenvalue weighted by molar-refractivity contribution is 6.31. The quantitative estimate of drug-likeness (QED) is 0.758. The lowest BCUT2D eigenvalue weighted by atomic mass is 9.97. The van der Waals surface area contributed by atoms with Gasteiger partial charge in [-0.3, -0.25) is 9.80 Å². The van der Waals surface area contributed by atoms with Gasteiger partial charge in [-0.2, -0.15) is 13.2 Å². The van der Waals surface area contributed by atoms with Crippen molar-refractivity contribution in [1.29, 1.82) is 0 Å². The number of anilines is 2. The molecule has 4 nitrogen and oxygen atoms in total. The molecule has 1 saturated heterocycles. The molecule has 26 heavy (non-hydrogen) atoms. The number of hydrogen-bond donors (Lipinski definition) is 1. The number of nitrogens with zero attached hydrogens (tertiary/aromatic N) is 2. The van der Waals surface area contributed by atoms with Gasteiger partial charge in [-0.25, -0.2) is 4.79 Å². The Morgan fingerprint density at radius 3 is 1.81 bits per heavy atom. The second-order valence-corrected chi connectivity index (χ2v) is 6.83. The molecule has 0 bridgehead atoms. The highest BCUT2D eigenvalue weighted by Gasteiger charge is 2.68. The SMILES string of the molecule is CC1(C(F)(F)F)C(O)N(c2ccc(Cl)cc2)C(=O)N1c1ccc(Cl)cc1. The molecule has 0 radical (unpaired) electrons. The van der Waals surface area contributed by atoms with E-state index >= 15 is 0 Å². The van der Waals surface area contributed by atoms with Crippen LogP contribution in [0.5, 0.6) is 0 Å². The largest absolute Gasteiger partial charge is 0.416 e. The van der Waals surface area contributed by atoms with Crippen LogP contribution >= 0.6 is 23.2 Å². The van der Waals surface area contributed by atoms with Crippen molar-refractivity contribution in [1.82, 2.24) is 0 Å². The number of urea groups is 1. The third kappa shape index (κ3) is 2.80. The molecule has 1 aliphatic rings. The van der Waals surface area contributed by atoms with Crippen molar-refractivity contribution in [2.45, 2.75) is 24.9 Å². The van der Waals surface area contributed by atoms with Gasteiger partial charge in [0.05, 0.1) is 0 Å². The van der Waals surface area contributed by atoms with Crippen molar-refractivity contribution in [3.63, 3.8) is 0 Å². The van der Waals surface area contributed by atoms with Crippen molar-refractivity contribution >= 4 is 40.6 Å². The summed E-state index contributed by atoms with van der Waals surface area (Å²) in [5.41, 5.74) is -2.80. The summed E-state index contributed by atoms with van der Waals surface area (Å²) in [4.78, 5) is 14.1. The molecule has 2 aromatic carbocycles. The third-order valence-corrected chi connectivity index (χ3v) is 4.88. The molecule has 2 aromatic rings. The van der Waals surface area contributed by atoms with Crippen LogP contribution < -0.4 is 9.80 Å². The van der Waals surface area contributed by atoms with E-state index in [4.69, 9.17) is 23.2 Å². The Kier molecular flexibility index (Phi) is 4.58. The molecule has 2 amide bonds. The number of carbonyl (C=O) groups excluding carboxylic acids is 1. The van der Waals surface area contributed by atoms with Gasteiger partial charge >= 0.3 is 12.2 Å². The number of aliphatic hydroxyl groups excluding tert-OH is 1. The minimum atomic E-state index is -4.90. The number of benzene rings is 2. The van der Waals surface area contributed by atoms with Crippen molar-refractivity contribution in [3.8, 4) is 0 Å². The fraction of sp³-hybridized carbons (Fsp3) is 0.235. The van der Waals surface area contributed by atoms with Gasteiger partial charge in [-0.15, -0.1) is 0 Å². The van der Waals surface area contributed by atoms with E-state index in [1.807, 2.05) is 0 Å². The van der Waals surface area contributed by atoms with Crippen LogP contribution in [0.2, 0.25) is 10.0 Å². The number of hydrogen-bond acceptors (Lipinski definition) is 2. The molecule has 1 aliphatic heterocycles. The van der Waals surface area contributed by atoms with Gasteiger partial charge in [-0.1, -0.05) is 23.2 Å². The Balaban J connectivity index is 2.16. The summed E-state index contributed by atoms with van der Waals surface area (Å²) in [7, 11) is 0. The molecule has 1 N–H and O–H groups in total. The molecule has 0 aliphatic carbocycles. The van der Waals surface area contributed by atoms with E-state index in [9.17, 15) is 23.1 Å². The maximum Gasteiger partial charge on any atom is 0.416 e. The highest BCUT2D eigenvalue weighted by atomic mass is 35.5. The first-order chi connectivity index (χ1) is 12.1. The smallest absolute Gasteiger partial charge is 0.370 e. The number of halogens is 5. The fourth-order valence-corrected chi connectivity index (χ4v) is 3.13. The number of aliphatic hydroxyl groups is 1. The molecule has 2 unspecified atom stereocenters. The first-order valence-electron chi connectivity index (χ1n) is 7.46. The molecule has 2 atom stereocenters. The number of alkyl halides is 3. The average Bonchev–Trinajstić information content (AvgIpc) is 2.77. The fourth-order valence-electron chi connectivity index (χ4n) is 2.87. The zero-order valence-electron chi connectivity index (χ0n) is 13.3. The number of carbonyl (C=O) groups is 1. The van der Waals surface area contributed by atoms with Crippen LogP contribution in [0.1, 0.15) is 6.92 Å². The Morgan fingerprint density at radius 1 is 0.962 bits per heavy atom. The van der Waals surface area contributed by atoms with Crippen LogP contribution in [-0.2, 0) is 0 Å². The summed E-state index contributed by atoms with van der Waals surface area (Å²) in [5.74, 6) is 0. The zero-order chi connectivity index (χ0) is 19.3. The second-order valence-electron chi connectivity index (χ2n) is 5.96. The van der Waals surface area contributed by atoms with Gasteiger partial charge in [-0.05, 0) is 55.5 Å². The maximum absolute atomic E-state index is 13.9. The van der Waals surface area contributed by atoms with Gasteiger partial charge < -0.3 is 5.11 Å². The Labute approximate surface area is 157 Å². The summed E-state index contributed by atoms with van der Waals surface area (Å²) in [5, 5.41) is 11.2. The molecule has 1 fully saturated rings. The maximum atomic E-state index is 13.9. The lowest BCUT2D eigenvalue weighted by Gasteiger charge is -2.37. The van der Waals surface area contributed by atoms with Gasteiger partial charge in [0.2, 0.25) is 0 Å². The number of rotatable bonds is 2. The lowest BCUT2D eigenvalue weighted by molar-refractivity contribution is -0.199. The van der Waals surface area contributed by atoms with Crippen molar-refractivity contribution in [2.24, 2.45) is 0 Å². The Morgan fingerprint density at radius 2 is 1.38 bits per heavy atom. The first kappa shape index (κ1) is 18.8. The Hall–Kier alpha value is -1.96. The number of amides is 2. The van der Waals surface area contributed by atoms with Gasteiger partial charge in [0.25, 0.3) is 0 Å². The monoisotopic (exact) mass is 404 g/mol. The van der Waals surface area contributed by atoms with E-state index in [2.05, 4.69) is 0 Å². The molecule has 1 heterocycles. The lowest BCUT2D eigenvalue weighted by Crippen LogP contribution is -2.60. The first-order valence-corrected chi connectivity index (χ1v) is 8.22. The van der Waals surface area contributed by atoms with Crippen LogP contribution in [-0.4, -0.2) is 29.1 Å². The van der Waals surface area contributed by atoms with Crippen LogP contribution in [0.25, 0.3) is 0 Å². The van der Waals surface area contributed by atoms with Crippen molar-refractivity contribution in [3.05, 3.63) is 58.6 Å². The molecular weight excluding hydrogens is 392 g/mol. The van der Waals surface area contributed by atoms with Crippen molar-refractivity contribution < 1.29 is 23.1 Å².